The zero-order chi connectivity index (χ0) is 20.8. The summed E-state index contributed by atoms with van der Waals surface area (Å²) < 4.78 is 0. The number of benzene rings is 2. The second-order valence-electron chi connectivity index (χ2n) is 10.1. The van der Waals surface area contributed by atoms with Crippen LogP contribution in [0, 0.1) is 11.8 Å². The van der Waals surface area contributed by atoms with E-state index in [1.54, 1.807) is 36.5 Å². The highest BCUT2D eigenvalue weighted by atomic mass is 35.5. The average molecular weight is 439 g/mol. The average Bonchev–Trinajstić information content (AvgIpc) is 2.80. The van der Waals surface area contributed by atoms with Gasteiger partial charge in [0.1, 0.15) is 0 Å². The van der Waals surface area contributed by atoms with Crippen LogP contribution in [0.15, 0.2) is 48.5 Å². The lowest BCUT2D eigenvalue weighted by Crippen LogP contribution is -2.22. The second-order valence-corrected chi connectivity index (χ2v) is 14.0. The Balaban J connectivity index is 1.20. The van der Waals surface area contributed by atoms with Gasteiger partial charge in [-0.2, -0.15) is 0 Å². The van der Waals surface area contributed by atoms with Crippen molar-refractivity contribution >= 4 is 20.4 Å². The highest BCUT2D eigenvalue weighted by molar-refractivity contribution is 6.58. The molecule has 1 aliphatic heterocycles. The van der Waals surface area contributed by atoms with Gasteiger partial charge in [-0.3, -0.25) is 0 Å². The molecule has 162 valence electrons. The first-order valence-corrected chi connectivity index (χ1v) is 15.4. The molecule has 1 saturated heterocycles. The molecule has 2 heteroatoms. The normalized spacial score (nSPS) is 27.1. The van der Waals surface area contributed by atoms with E-state index in [0.717, 1.165) is 22.8 Å². The highest BCUT2D eigenvalue weighted by Crippen LogP contribution is 2.40. The van der Waals surface area contributed by atoms with E-state index in [-0.39, 0.29) is 8.80 Å². The fourth-order valence-electron chi connectivity index (χ4n) is 6.06. The van der Waals surface area contributed by atoms with Crippen LogP contribution in [0.3, 0.4) is 0 Å². The summed E-state index contributed by atoms with van der Waals surface area (Å²) in [5.41, 5.74) is 4.09. The van der Waals surface area contributed by atoms with Crippen molar-refractivity contribution in [3.05, 3.63) is 59.1 Å². The van der Waals surface area contributed by atoms with Gasteiger partial charge in [0, 0.05) is 13.8 Å². The molecule has 1 saturated carbocycles. The molecule has 30 heavy (non-hydrogen) atoms. The number of hydrogen-bond acceptors (Lipinski definition) is 0. The summed E-state index contributed by atoms with van der Waals surface area (Å²) in [6, 6.07) is 22.4. The lowest BCUT2D eigenvalue weighted by molar-refractivity contribution is 0.280. The maximum atomic E-state index is 6.02. The molecule has 2 aromatic rings. The van der Waals surface area contributed by atoms with Crippen molar-refractivity contribution in [1.82, 2.24) is 0 Å². The third kappa shape index (κ3) is 6.01. The quantitative estimate of drug-likeness (QED) is 0.378. The summed E-state index contributed by atoms with van der Waals surface area (Å²) in [6.07, 6.45) is 13.3. The molecule has 1 heterocycles. The molecule has 0 amide bonds. The summed E-state index contributed by atoms with van der Waals surface area (Å²) in [4.78, 5) is 0. The molecule has 2 aromatic carbocycles. The smallest absolute Gasteiger partial charge is 0.0406 e. The largest absolute Gasteiger partial charge is 0.0843 e. The fraction of sp³-hybridized carbons (Fsp3) is 0.571. The third-order valence-corrected chi connectivity index (χ3v) is 12.0. The van der Waals surface area contributed by atoms with E-state index in [2.05, 4.69) is 43.3 Å². The van der Waals surface area contributed by atoms with Crippen molar-refractivity contribution < 1.29 is 0 Å². The minimum Gasteiger partial charge on any atom is -0.0843 e. The Labute approximate surface area is 191 Å². The van der Waals surface area contributed by atoms with Crippen molar-refractivity contribution in [1.29, 1.82) is 0 Å². The van der Waals surface area contributed by atoms with Gasteiger partial charge in [0.05, 0.1) is 0 Å². The van der Waals surface area contributed by atoms with Crippen LogP contribution in [-0.4, -0.2) is 8.80 Å². The lowest BCUT2D eigenvalue weighted by Gasteiger charge is -2.32. The molecule has 0 nitrogen and oxygen atoms in total. The van der Waals surface area contributed by atoms with Crippen molar-refractivity contribution in [2.24, 2.45) is 11.8 Å². The van der Waals surface area contributed by atoms with Gasteiger partial charge in [0.25, 0.3) is 0 Å². The van der Waals surface area contributed by atoms with Crippen molar-refractivity contribution in [2.75, 3.05) is 0 Å². The first-order chi connectivity index (χ1) is 14.7. The molecule has 4 rings (SSSR count). The summed E-state index contributed by atoms with van der Waals surface area (Å²) in [5, 5.41) is 0.804. The Morgan fingerprint density at radius 1 is 0.733 bits per heavy atom. The van der Waals surface area contributed by atoms with Crippen molar-refractivity contribution in [2.45, 2.75) is 88.8 Å². The van der Waals surface area contributed by atoms with Crippen LogP contribution >= 0.6 is 11.6 Å². The Morgan fingerprint density at radius 3 is 1.83 bits per heavy atom. The number of rotatable bonds is 7. The predicted molar refractivity (Wildman–Crippen MR) is 135 cm³/mol. The zero-order valence-electron chi connectivity index (χ0n) is 18.8. The van der Waals surface area contributed by atoms with Gasteiger partial charge in [0.2, 0.25) is 0 Å². The lowest BCUT2D eigenvalue weighted by atomic mass is 9.76. The monoisotopic (exact) mass is 438 g/mol. The molecule has 2 aliphatic rings. The molecule has 2 fully saturated rings. The maximum Gasteiger partial charge on any atom is 0.0406 e. The van der Waals surface area contributed by atoms with Gasteiger partial charge < -0.3 is 0 Å². The van der Waals surface area contributed by atoms with E-state index in [9.17, 15) is 0 Å². The van der Waals surface area contributed by atoms with Crippen LogP contribution in [0.4, 0.5) is 0 Å². The van der Waals surface area contributed by atoms with Gasteiger partial charge >= 0.3 is 0 Å². The molecule has 0 radical (unpaired) electrons. The van der Waals surface area contributed by atoms with E-state index >= 15 is 0 Å². The first-order valence-electron chi connectivity index (χ1n) is 12.6. The molecule has 0 bridgehead atoms. The molecular weight excluding hydrogens is 400 g/mol. The fourth-order valence-corrected chi connectivity index (χ4v) is 9.76. The van der Waals surface area contributed by atoms with Crippen LogP contribution in [0.2, 0.25) is 23.2 Å². The molecule has 0 aromatic heterocycles. The summed E-state index contributed by atoms with van der Waals surface area (Å²) >= 11 is 6.02. The van der Waals surface area contributed by atoms with Gasteiger partial charge in [-0.25, -0.2) is 0 Å². The topological polar surface area (TPSA) is 0 Å². The zero-order valence-corrected chi connectivity index (χ0v) is 20.7. The minimum atomic E-state index is -0.299. The van der Waals surface area contributed by atoms with Crippen LogP contribution in [0.25, 0.3) is 11.1 Å². The molecule has 0 atom stereocenters. The summed E-state index contributed by atoms with van der Waals surface area (Å²) in [5.74, 6) is 2.85. The van der Waals surface area contributed by atoms with E-state index in [4.69, 9.17) is 11.6 Å². The van der Waals surface area contributed by atoms with Crippen molar-refractivity contribution in [3.8, 4) is 11.1 Å². The van der Waals surface area contributed by atoms with E-state index in [1.165, 1.54) is 56.1 Å². The maximum absolute atomic E-state index is 6.02. The van der Waals surface area contributed by atoms with Crippen LogP contribution in [0.1, 0.15) is 76.2 Å². The SMILES string of the molecule is CCC[SiH]1CCC(CCC2CCC(c3ccc(-c4ccc(Cl)cc4)cc3)CC2)CC1. The number of hydrogen-bond donors (Lipinski definition) is 0. The Hall–Kier alpha value is -1.05. The second kappa shape index (κ2) is 11.0. The van der Waals surface area contributed by atoms with Gasteiger partial charge in [-0.05, 0) is 72.3 Å². The minimum absolute atomic E-state index is 0.299. The standard InChI is InChI=1S/C28H39ClSi/c1-2-19-30-20-17-23(18-21-30)4-3-22-5-7-24(8-6-22)25-9-11-26(12-10-25)27-13-15-28(29)16-14-27/h9-16,22-24,30H,2-8,17-21H2,1H3. The van der Waals surface area contributed by atoms with E-state index < -0.39 is 0 Å². The Bertz CT molecular complexity index is 750. The molecule has 0 spiro atoms. The summed E-state index contributed by atoms with van der Waals surface area (Å²) in [7, 11) is -0.299. The number of halogens is 1. The molecule has 1 aliphatic carbocycles. The van der Waals surface area contributed by atoms with E-state index in [0.29, 0.717) is 0 Å². The van der Waals surface area contributed by atoms with Crippen LogP contribution < -0.4 is 0 Å². The predicted octanol–water partition coefficient (Wildman–Crippen LogP) is 9.11. The molecule has 0 unspecified atom stereocenters. The van der Waals surface area contributed by atoms with Crippen LogP contribution in [-0.2, 0) is 0 Å². The Kier molecular flexibility index (Phi) is 8.12. The first kappa shape index (κ1) is 22.2. The van der Waals surface area contributed by atoms with E-state index in [1.807, 2.05) is 12.1 Å². The highest BCUT2D eigenvalue weighted by Gasteiger charge is 2.25. The van der Waals surface area contributed by atoms with Crippen molar-refractivity contribution in [3.63, 3.8) is 0 Å². The Morgan fingerprint density at radius 2 is 1.27 bits per heavy atom. The van der Waals surface area contributed by atoms with Gasteiger partial charge in [-0.15, -0.1) is 0 Å². The molecular formula is C28H39ClSi. The van der Waals surface area contributed by atoms with Gasteiger partial charge in [0.15, 0.2) is 0 Å². The molecule has 0 N–H and O–H groups in total. The van der Waals surface area contributed by atoms with Gasteiger partial charge in [-0.1, -0.05) is 105 Å². The summed E-state index contributed by atoms with van der Waals surface area (Å²) in [6.45, 7) is 2.38. The van der Waals surface area contributed by atoms with Crippen LogP contribution in [0.5, 0.6) is 0 Å². The third-order valence-electron chi connectivity index (χ3n) is 8.05.